The summed E-state index contributed by atoms with van der Waals surface area (Å²) in [6.07, 6.45) is -0.619. The molecule has 4 atom stereocenters. The van der Waals surface area contributed by atoms with Gasteiger partial charge in [-0.15, -0.1) is 0 Å². The molecule has 0 saturated carbocycles. The molecule has 0 aromatic carbocycles. The average Bonchev–Trinajstić information content (AvgIpc) is 2.30. The van der Waals surface area contributed by atoms with Crippen molar-refractivity contribution in [3.8, 4) is 0 Å². The van der Waals surface area contributed by atoms with Gasteiger partial charge in [-0.05, 0) is 27.7 Å². The number of carbonyl (C=O) groups excluding carboxylic acids is 3. The zero-order valence-electron chi connectivity index (χ0n) is 12.9. The molecule has 0 aromatic heterocycles. The Morgan fingerprint density at radius 3 is 2.35 bits per heavy atom. The number of rotatable bonds is 4. The van der Waals surface area contributed by atoms with E-state index in [9.17, 15) is 14.4 Å². The molecule has 1 amide bonds. The van der Waals surface area contributed by atoms with Crippen molar-refractivity contribution >= 4 is 18.3 Å². The summed E-state index contributed by atoms with van der Waals surface area (Å²) < 4.78 is 10.2. The SMILES string of the molecule is C[C@H](C=O)[C@@H]1[C@@H]([C@@H](C)OC(=O)OC(C)(C)C)C(=O)N1C. The molecule has 6 nitrogen and oxygen atoms in total. The molecule has 20 heavy (non-hydrogen) atoms. The molecule has 0 spiro atoms. The van der Waals surface area contributed by atoms with E-state index in [1.54, 1.807) is 41.7 Å². The van der Waals surface area contributed by atoms with Gasteiger partial charge in [0.2, 0.25) is 5.91 Å². The molecule has 0 unspecified atom stereocenters. The molecule has 1 rings (SSSR count). The summed E-state index contributed by atoms with van der Waals surface area (Å²) in [5, 5.41) is 0. The van der Waals surface area contributed by atoms with Crippen LogP contribution in [0.25, 0.3) is 0 Å². The zero-order chi connectivity index (χ0) is 15.7. The Kier molecular flexibility index (Phi) is 4.78. The molecule has 0 aliphatic carbocycles. The van der Waals surface area contributed by atoms with E-state index < -0.39 is 23.8 Å². The van der Waals surface area contributed by atoms with Crippen LogP contribution in [0.3, 0.4) is 0 Å². The Morgan fingerprint density at radius 2 is 1.90 bits per heavy atom. The number of hydrogen-bond donors (Lipinski definition) is 0. The van der Waals surface area contributed by atoms with Crippen molar-refractivity contribution < 1.29 is 23.9 Å². The van der Waals surface area contributed by atoms with Crippen LogP contribution >= 0.6 is 0 Å². The summed E-state index contributed by atoms with van der Waals surface area (Å²) in [6.45, 7) is 8.59. The molecule has 1 fully saturated rings. The number of carbonyl (C=O) groups is 3. The van der Waals surface area contributed by atoms with Crippen molar-refractivity contribution in [1.29, 1.82) is 0 Å². The van der Waals surface area contributed by atoms with Gasteiger partial charge < -0.3 is 19.2 Å². The lowest BCUT2D eigenvalue weighted by atomic mass is 9.77. The largest absolute Gasteiger partial charge is 0.509 e. The van der Waals surface area contributed by atoms with E-state index in [-0.39, 0.29) is 17.9 Å². The van der Waals surface area contributed by atoms with Gasteiger partial charge in [-0.2, -0.15) is 0 Å². The highest BCUT2D eigenvalue weighted by Crippen LogP contribution is 2.34. The minimum Gasteiger partial charge on any atom is -0.430 e. The van der Waals surface area contributed by atoms with Crippen LogP contribution in [0.5, 0.6) is 0 Å². The van der Waals surface area contributed by atoms with Crippen LogP contribution in [0.4, 0.5) is 4.79 Å². The first kappa shape index (κ1) is 16.5. The molecular weight excluding hydrogens is 262 g/mol. The fourth-order valence-corrected chi connectivity index (χ4v) is 2.42. The van der Waals surface area contributed by atoms with Crippen molar-refractivity contribution in [3.63, 3.8) is 0 Å². The third-order valence-corrected chi connectivity index (χ3v) is 3.38. The van der Waals surface area contributed by atoms with Crippen LogP contribution in [0.2, 0.25) is 0 Å². The Morgan fingerprint density at radius 1 is 1.35 bits per heavy atom. The van der Waals surface area contributed by atoms with Gasteiger partial charge in [0, 0.05) is 13.0 Å². The fraction of sp³-hybridized carbons (Fsp3) is 0.786. The van der Waals surface area contributed by atoms with Crippen LogP contribution in [0.1, 0.15) is 34.6 Å². The molecule has 1 aliphatic heterocycles. The average molecular weight is 285 g/mol. The normalized spacial score (nSPS) is 25.5. The molecule has 1 aliphatic rings. The highest BCUT2D eigenvalue weighted by Gasteiger charge is 2.51. The zero-order valence-corrected chi connectivity index (χ0v) is 12.9. The third-order valence-electron chi connectivity index (χ3n) is 3.38. The van der Waals surface area contributed by atoms with E-state index in [1.165, 1.54) is 4.90 Å². The van der Waals surface area contributed by atoms with Gasteiger partial charge in [-0.1, -0.05) is 6.92 Å². The maximum atomic E-state index is 11.9. The van der Waals surface area contributed by atoms with Crippen molar-refractivity contribution in [2.45, 2.75) is 52.4 Å². The summed E-state index contributed by atoms with van der Waals surface area (Å²) >= 11 is 0. The number of aldehydes is 1. The molecule has 0 N–H and O–H groups in total. The molecule has 0 bridgehead atoms. The smallest absolute Gasteiger partial charge is 0.430 e. The van der Waals surface area contributed by atoms with Crippen molar-refractivity contribution in [3.05, 3.63) is 0 Å². The van der Waals surface area contributed by atoms with E-state index in [1.807, 2.05) is 0 Å². The first-order valence-electron chi connectivity index (χ1n) is 6.70. The lowest BCUT2D eigenvalue weighted by Gasteiger charge is -2.48. The second-order valence-corrected chi connectivity index (χ2v) is 6.25. The summed E-state index contributed by atoms with van der Waals surface area (Å²) in [6, 6.07) is -0.238. The van der Waals surface area contributed by atoms with E-state index in [2.05, 4.69) is 0 Å². The van der Waals surface area contributed by atoms with Gasteiger partial charge in [0.25, 0.3) is 0 Å². The van der Waals surface area contributed by atoms with Gasteiger partial charge in [0.15, 0.2) is 0 Å². The van der Waals surface area contributed by atoms with Crippen LogP contribution in [0, 0.1) is 11.8 Å². The monoisotopic (exact) mass is 285 g/mol. The van der Waals surface area contributed by atoms with Gasteiger partial charge in [-0.25, -0.2) is 4.79 Å². The number of amides is 1. The Balaban J connectivity index is 2.66. The number of ether oxygens (including phenoxy) is 2. The molecule has 1 saturated heterocycles. The van der Waals surface area contributed by atoms with Crippen LogP contribution in [-0.2, 0) is 19.1 Å². The molecule has 0 radical (unpaired) electrons. The fourth-order valence-electron chi connectivity index (χ4n) is 2.42. The van der Waals surface area contributed by atoms with Crippen LogP contribution in [0.15, 0.2) is 0 Å². The summed E-state index contributed by atoms with van der Waals surface area (Å²) in [7, 11) is 1.64. The highest BCUT2D eigenvalue weighted by molar-refractivity contribution is 5.87. The van der Waals surface area contributed by atoms with E-state index in [4.69, 9.17) is 9.47 Å². The highest BCUT2D eigenvalue weighted by atomic mass is 16.7. The maximum Gasteiger partial charge on any atom is 0.509 e. The predicted octanol–water partition coefficient (Wildman–Crippen LogP) is 1.62. The molecule has 114 valence electrons. The van der Waals surface area contributed by atoms with Crippen molar-refractivity contribution in [1.82, 2.24) is 4.90 Å². The maximum absolute atomic E-state index is 11.9. The molecule has 1 heterocycles. The van der Waals surface area contributed by atoms with E-state index >= 15 is 0 Å². The Bertz CT molecular complexity index is 397. The second kappa shape index (κ2) is 5.81. The van der Waals surface area contributed by atoms with Crippen molar-refractivity contribution in [2.24, 2.45) is 11.8 Å². The first-order valence-corrected chi connectivity index (χ1v) is 6.70. The van der Waals surface area contributed by atoms with Crippen molar-refractivity contribution in [2.75, 3.05) is 7.05 Å². The first-order chi connectivity index (χ1) is 9.08. The predicted molar refractivity (Wildman–Crippen MR) is 72.1 cm³/mol. The molecular formula is C14H23NO5. The molecule has 0 aromatic rings. The topological polar surface area (TPSA) is 72.9 Å². The minimum atomic E-state index is -0.801. The summed E-state index contributed by atoms with van der Waals surface area (Å²) in [5.41, 5.74) is -0.646. The molecule has 6 heteroatoms. The lowest BCUT2D eigenvalue weighted by molar-refractivity contribution is -0.166. The number of β-lactam (4-membered cyclic amide) rings is 1. The van der Waals surface area contributed by atoms with Gasteiger partial charge in [0.1, 0.15) is 18.0 Å². The lowest BCUT2D eigenvalue weighted by Crippen LogP contribution is -2.65. The van der Waals surface area contributed by atoms with Crippen LogP contribution < -0.4 is 0 Å². The number of likely N-dealkylation sites (tertiary alicyclic amines) is 1. The minimum absolute atomic E-state index is 0.125. The summed E-state index contributed by atoms with van der Waals surface area (Å²) in [4.78, 5) is 35.9. The summed E-state index contributed by atoms with van der Waals surface area (Å²) in [5.74, 6) is -0.917. The number of hydrogen-bond acceptors (Lipinski definition) is 5. The standard InChI is InChI=1S/C14H23NO5/c1-8(7-16)11-10(12(17)15(11)6)9(2)19-13(18)20-14(3,4)5/h7-11H,1-6H3/t8-,9-,10-,11-/m1/s1. The van der Waals surface area contributed by atoms with Gasteiger partial charge >= 0.3 is 6.16 Å². The Hall–Kier alpha value is -1.59. The second-order valence-electron chi connectivity index (χ2n) is 6.25. The third kappa shape index (κ3) is 3.49. The van der Waals surface area contributed by atoms with E-state index in [0.717, 1.165) is 6.29 Å². The van der Waals surface area contributed by atoms with Gasteiger partial charge in [-0.3, -0.25) is 4.79 Å². The quantitative estimate of drug-likeness (QED) is 0.446. The van der Waals surface area contributed by atoms with E-state index in [0.29, 0.717) is 0 Å². The number of nitrogens with zero attached hydrogens (tertiary/aromatic N) is 1. The Labute approximate surface area is 119 Å². The van der Waals surface area contributed by atoms with Gasteiger partial charge in [0.05, 0.1) is 12.0 Å². The van der Waals surface area contributed by atoms with Crippen LogP contribution in [-0.4, -0.2) is 48.0 Å².